The van der Waals surface area contributed by atoms with Gasteiger partial charge in [0.15, 0.2) is 0 Å². The number of hydrogen-bond donors (Lipinski definition) is 7. The molecule has 0 aromatic carbocycles. The fourth-order valence-electron chi connectivity index (χ4n) is 2.29. The maximum Gasteiger partial charge on any atom is 0.313 e. The van der Waals surface area contributed by atoms with Crippen LogP contribution in [-0.2, 0) is 14.4 Å². The standard InChI is InChI=1S/C16H32O2.2C2H4O2S.C2H6O2/c1-2-3-4-5-6-7-8-9-10-11-12-13-14-15-16(17)18;2*3-2(4)1-5;3-1-2-4/h2-15H2,1H3,(H,17,18);2*5H,1H2,(H,3,4);3-4H,1-2H2. The van der Waals surface area contributed by atoms with E-state index in [1.807, 2.05) is 0 Å². The third-order valence-electron chi connectivity index (χ3n) is 3.86. The molecule has 0 saturated carbocycles. The average molecular weight is 503 g/mol. The van der Waals surface area contributed by atoms with E-state index < -0.39 is 17.9 Å². The summed E-state index contributed by atoms with van der Waals surface area (Å²) in [5.41, 5.74) is 0. The maximum absolute atomic E-state index is 10.3. The fourth-order valence-corrected chi connectivity index (χ4v) is 2.29. The van der Waals surface area contributed by atoms with Gasteiger partial charge in [-0.2, -0.15) is 25.3 Å². The normalized spacial score (nSPS) is 9.28. The van der Waals surface area contributed by atoms with Crippen molar-refractivity contribution in [2.24, 2.45) is 0 Å². The van der Waals surface area contributed by atoms with Crippen LogP contribution >= 0.6 is 25.3 Å². The molecule has 0 aliphatic carbocycles. The molecule has 0 aliphatic heterocycles. The monoisotopic (exact) mass is 502 g/mol. The molecule has 0 heterocycles. The van der Waals surface area contributed by atoms with E-state index in [-0.39, 0.29) is 24.7 Å². The van der Waals surface area contributed by atoms with Crippen LogP contribution in [0, 0.1) is 0 Å². The second-order valence-corrected chi connectivity index (χ2v) is 7.57. The number of unbranched alkanes of at least 4 members (excludes halogenated alkanes) is 12. The Balaban J connectivity index is -0.000000226. The van der Waals surface area contributed by atoms with Crippen molar-refractivity contribution in [1.82, 2.24) is 0 Å². The quantitative estimate of drug-likeness (QED) is 0.113. The zero-order chi connectivity index (χ0) is 25.5. The van der Waals surface area contributed by atoms with Crippen molar-refractivity contribution >= 4 is 43.2 Å². The fraction of sp³-hybridized carbons (Fsp3) is 0.864. The van der Waals surface area contributed by atoms with Crippen molar-refractivity contribution in [2.75, 3.05) is 24.7 Å². The highest BCUT2D eigenvalue weighted by molar-refractivity contribution is 7.81. The molecule has 0 unspecified atom stereocenters. The van der Waals surface area contributed by atoms with Crippen LogP contribution in [0.15, 0.2) is 0 Å². The van der Waals surface area contributed by atoms with E-state index in [4.69, 9.17) is 25.5 Å². The second-order valence-electron chi connectivity index (χ2n) is 6.94. The Hall–Kier alpha value is -0.970. The topological polar surface area (TPSA) is 152 Å². The molecule has 0 fully saturated rings. The maximum atomic E-state index is 10.3. The number of aliphatic hydroxyl groups is 2. The first-order chi connectivity index (χ1) is 15.2. The van der Waals surface area contributed by atoms with E-state index in [1.165, 1.54) is 70.6 Å². The summed E-state index contributed by atoms with van der Waals surface area (Å²) >= 11 is 6.83. The lowest BCUT2D eigenvalue weighted by molar-refractivity contribution is -0.137. The zero-order valence-corrected chi connectivity index (χ0v) is 21.4. The van der Waals surface area contributed by atoms with Gasteiger partial charge < -0.3 is 25.5 Å². The van der Waals surface area contributed by atoms with E-state index >= 15 is 0 Å². The number of aliphatic hydroxyl groups excluding tert-OH is 2. The van der Waals surface area contributed by atoms with E-state index in [1.54, 1.807) is 0 Å². The van der Waals surface area contributed by atoms with Crippen LogP contribution in [-0.4, -0.2) is 68.2 Å². The lowest BCUT2D eigenvalue weighted by Crippen LogP contribution is -1.93. The first kappa shape index (κ1) is 38.3. The Morgan fingerprint density at radius 1 is 0.531 bits per heavy atom. The number of carboxylic acids is 3. The minimum absolute atomic E-state index is 0.0833. The van der Waals surface area contributed by atoms with Gasteiger partial charge in [-0.25, -0.2) is 0 Å². The Bertz CT molecular complexity index is 380. The molecule has 0 spiro atoms. The highest BCUT2D eigenvalue weighted by Gasteiger charge is 1.96. The van der Waals surface area contributed by atoms with Gasteiger partial charge in [0.2, 0.25) is 0 Å². The smallest absolute Gasteiger partial charge is 0.313 e. The molecule has 0 amide bonds. The third-order valence-corrected chi connectivity index (χ3v) is 4.41. The number of aliphatic carboxylic acids is 3. The van der Waals surface area contributed by atoms with Gasteiger partial charge in [0, 0.05) is 6.42 Å². The van der Waals surface area contributed by atoms with Crippen molar-refractivity contribution in [2.45, 2.75) is 96.8 Å². The average Bonchev–Trinajstić information content (AvgIpc) is 2.77. The van der Waals surface area contributed by atoms with Crippen molar-refractivity contribution in [3.8, 4) is 0 Å². The summed E-state index contributed by atoms with van der Waals surface area (Å²) in [5, 5.41) is 39.0. The molecule has 0 aromatic heterocycles. The molecule has 5 N–H and O–H groups in total. The minimum atomic E-state index is -0.881. The number of carbonyl (C=O) groups is 3. The lowest BCUT2D eigenvalue weighted by Gasteiger charge is -2.02. The van der Waals surface area contributed by atoms with Gasteiger partial charge in [0.1, 0.15) is 0 Å². The van der Waals surface area contributed by atoms with E-state index in [0.717, 1.165) is 12.8 Å². The van der Waals surface area contributed by atoms with Gasteiger partial charge in [-0.3, -0.25) is 14.4 Å². The molecule has 0 bridgehead atoms. The SMILES string of the molecule is CCCCCCCCCCCCCCCC(=O)O.O=C(O)CS.O=C(O)CS.OCCO. The first-order valence-corrected chi connectivity index (χ1v) is 12.6. The second kappa shape index (κ2) is 37.4. The molecular formula is C22H46O8S2. The summed E-state index contributed by atoms with van der Waals surface area (Å²) in [4.78, 5) is 28.9. The summed E-state index contributed by atoms with van der Waals surface area (Å²) in [5.74, 6) is -2.58. The predicted octanol–water partition coefficient (Wildman–Crippen LogP) is 4.52. The van der Waals surface area contributed by atoms with Crippen molar-refractivity contribution < 1.29 is 39.9 Å². The summed E-state index contributed by atoms with van der Waals surface area (Å²) in [6.45, 7) is 2.01. The van der Waals surface area contributed by atoms with E-state index in [0.29, 0.717) is 6.42 Å². The van der Waals surface area contributed by atoms with Crippen LogP contribution in [0.2, 0.25) is 0 Å². The van der Waals surface area contributed by atoms with Crippen LogP contribution in [0.1, 0.15) is 96.8 Å². The number of rotatable bonds is 17. The Labute approximate surface area is 204 Å². The molecule has 10 heteroatoms. The molecule has 0 aliphatic rings. The minimum Gasteiger partial charge on any atom is -0.481 e. The van der Waals surface area contributed by atoms with Crippen LogP contribution in [0.3, 0.4) is 0 Å². The lowest BCUT2D eigenvalue weighted by atomic mass is 10.0. The zero-order valence-electron chi connectivity index (χ0n) is 19.6. The molecule has 0 saturated heterocycles. The number of hydrogen-bond acceptors (Lipinski definition) is 7. The summed E-state index contributed by atoms with van der Waals surface area (Å²) in [6.07, 6.45) is 17.3. The van der Waals surface area contributed by atoms with Gasteiger partial charge >= 0.3 is 17.9 Å². The molecule has 8 nitrogen and oxygen atoms in total. The summed E-state index contributed by atoms with van der Waals surface area (Å²) in [6, 6.07) is 0. The van der Waals surface area contributed by atoms with Crippen LogP contribution < -0.4 is 0 Å². The largest absolute Gasteiger partial charge is 0.481 e. The van der Waals surface area contributed by atoms with Crippen molar-refractivity contribution in [3.63, 3.8) is 0 Å². The molecule has 32 heavy (non-hydrogen) atoms. The molecule has 0 aromatic rings. The molecule has 0 atom stereocenters. The molecule has 0 rings (SSSR count). The molecule has 0 radical (unpaired) electrons. The highest BCUT2D eigenvalue weighted by atomic mass is 32.1. The summed E-state index contributed by atoms with van der Waals surface area (Å²) in [7, 11) is 0. The van der Waals surface area contributed by atoms with Gasteiger partial charge in [0.05, 0.1) is 24.7 Å². The number of carboxylic acid groups (broad SMARTS) is 3. The van der Waals surface area contributed by atoms with Gasteiger partial charge in [-0.05, 0) is 6.42 Å². The van der Waals surface area contributed by atoms with E-state index in [9.17, 15) is 14.4 Å². The Morgan fingerprint density at radius 2 is 0.781 bits per heavy atom. The van der Waals surface area contributed by atoms with Crippen molar-refractivity contribution in [3.05, 3.63) is 0 Å². The van der Waals surface area contributed by atoms with Crippen LogP contribution in [0.4, 0.5) is 0 Å². The highest BCUT2D eigenvalue weighted by Crippen LogP contribution is 2.12. The van der Waals surface area contributed by atoms with Gasteiger partial charge in [-0.1, -0.05) is 84.0 Å². The Morgan fingerprint density at radius 3 is 0.969 bits per heavy atom. The van der Waals surface area contributed by atoms with Gasteiger partial charge in [-0.15, -0.1) is 0 Å². The predicted molar refractivity (Wildman–Crippen MR) is 135 cm³/mol. The van der Waals surface area contributed by atoms with E-state index in [2.05, 4.69) is 32.2 Å². The molecular weight excluding hydrogens is 456 g/mol. The van der Waals surface area contributed by atoms with Gasteiger partial charge in [0.25, 0.3) is 0 Å². The Kier molecular flexibility index (Phi) is 44.7. The van der Waals surface area contributed by atoms with Crippen LogP contribution in [0.5, 0.6) is 0 Å². The van der Waals surface area contributed by atoms with Crippen molar-refractivity contribution in [1.29, 1.82) is 0 Å². The third kappa shape index (κ3) is 63.0. The summed E-state index contributed by atoms with van der Waals surface area (Å²) < 4.78 is 0. The van der Waals surface area contributed by atoms with Crippen LogP contribution in [0.25, 0.3) is 0 Å². The molecule has 194 valence electrons. The first-order valence-electron chi connectivity index (χ1n) is 11.3. The number of thiol groups is 2.